The molecule has 0 saturated carbocycles. The van der Waals surface area contributed by atoms with Gasteiger partial charge in [0.25, 0.3) is 5.56 Å². The molecule has 0 aliphatic heterocycles. The Balaban J connectivity index is 2.75. The molecule has 0 saturated heterocycles. The summed E-state index contributed by atoms with van der Waals surface area (Å²) in [6.45, 7) is 3.44. The standard InChI is InChI=1S/C12H19BrN4O3/c1-4-16(2)10(18)8-14-9-7-15-17(5-6-20-3)12(19)11(9)13/h7,14H,4-6,8H2,1-3H3. The lowest BCUT2D eigenvalue weighted by Crippen LogP contribution is -2.33. The molecule has 0 radical (unpaired) electrons. The van der Waals surface area contributed by atoms with Gasteiger partial charge in [0.2, 0.25) is 5.91 Å². The molecular weight excluding hydrogens is 328 g/mol. The van der Waals surface area contributed by atoms with Crippen LogP contribution in [0.5, 0.6) is 0 Å². The molecule has 0 aliphatic carbocycles. The van der Waals surface area contributed by atoms with Gasteiger partial charge in [0, 0.05) is 20.7 Å². The summed E-state index contributed by atoms with van der Waals surface area (Å²) >= 11 is 3.23. The summed E-state index contributed by atoms with van der Waals surface area (Å²) in [6.07, 6.45) is 1.51. The summed E-state index contributed by atoms with van der Waals surface area (Å²) in [5.41, 5.74) is 0.241. The van der Waals surface area contributed by atoms with Gasteiger partial charge in [0.15, 0.2) is 0 Å². The van der Waals surface area contributed by atoms with Crippen LogP contribution in [0, 0.1) is 0 Å². The van der Waals surface area contributed by atoms with Gasteiger partial charge in [-0.05, 0) is 22.9 Å². The van der Waals surface area contributed by atoms with Crippen LogP contribution < -0.4 is 10.9 Å². The van der Waals surface area contributed by atoms with Crippen LogP contribution in [-0.4, -0.2) is 54.4 Å². The number of likely N-dealkylation sites (N-methyl/N-ethyl adjacent to an activating group) is 1. The van der Waals surface area contributed by atoms with Gasteiger partial charge in [-0.2, -0.15) is 5.10 Å². The van der Waals surface area contributed by atoms with E-state index in [-0.39, 0.29) is 18.0 Å². The number of hydrogen-bond acceptors (Lipinski definition) is 5. The Morgan fingerprint density at radius 2 is 2.30 bits per heavy atom. The third-order valence-electron chi connectivity index (χ3n) is 2.82. The largest absolute Gasteiger partial charge is 0.383 e. The topological polar surface area (TPSA) is 76.5 Å². The highest BCUT2D eigenvalue weighted by Gasteiger charge is 2.11. The van der Waals surface area contributed by atoms with Crippen molar-refractivity contribution in [2.24, 2.45) is 0 Å². The molecule has 1 amide bonds. The first-order valence-electron chi connectivity index (χ1n) is 6.23. The Kier molecular flexibility index (Phi) is 6.66. The van der Waals surface area contributed by atoms with Crippen molar-refractivity contribution in [3.05, 3.63) is 21.0 Å². The molecular formula is C12H19BrN4O3. The fraction of sp³-hybridized carbons (Fsp3) is 0.583. The SMILES string of the molecule is CCN(C)C(=O)CNc1cnn(CCOC)c(=O)c1Br. The molecule has 0 spiro atoms. The zero-order chi connectivity index (χ0) is 15.1. The second kappa shape index (κ2) is 8.01. The summed E-state index contributed by atoms with van der Waals surface area (Å²) in [7, 11) is 3.28. The summed E-state index contributed by atoms with van der Waals surface area (Å²) in [6, 6.07) is 0. The van der Waals surface area contributed by atoms with Crippen LogP contribution in [0.4, 0.5) is 5.69 Å². The number of nitrogens with zero attached hydrogens (tertiary/aromatic N) is 3. The second-order valence-corrected chi connectivity index (χ2v) is 4.95. The molecule has 112 valence electrons. The lowest BCUT2D eigenvalue weighted by Gasteiger charge is -2.15. The highest BCUT2D eigenvalue weighted by Crippen LogP contribution is 2.15. The normalized spacial score (nSPS) is 10.4. The van der Waals surface area contributed by atoms with Gasteiger partial charge in [-0.3, -0.25) is 9.59 Å². The van der Waals surface area contributed by atoms with Gasteiger partial charge in [0.05, 0.1) is 31.6 Å². The molecule has 7 nitrogen and oxygen atoms in total. The number of hydrogen-bond donors (Lipinski definition) is 1. The van der Waals surface area contributed by atoms with Crippen molar-refractivity contribution in [2.75, 3.05) is 39.2 Å². The predicted octanol–water partition coefficient (Wildman–Crippen LogP) is 0.542. The fourth-order valence-electron chi connectivity index (χ4n) is 1.41. The Hall–Kier alpha value is -1.41. The molecule has 20 heavy (non-hydrogen) atoms. The van der Waals surface area contributed by atoms with E-state index in [2.05, 4.69) is 26.3 Å². The van der Waals surface area contributed by atoms with Crippen LogP contribution >= 0.6 is 15.9 Å². The third kappa shape index (κ3) is 4.31. The van der Waals surface area contributed by atoms with Crippen molar-refractivity contribution in [1.29, 1.82) is 0 Å². The second-order valence-electron chi connectivity index (χ2n) is 4.15. The molecule has 0 atom stereocenters. The zero-order valence-electron chi connectivity index (χ0n) is 11.9. The number of amides is 1. The quantitative estimate of drug-likeness (QED) is 0.779. The Labute approximate surface area is 126 Å². The summed E-state index contributed by atoms with van der Waals surface area (Å²) in [5.74, 6) is -0.0528. The molecule has 0 aliphatic rings. The average molecular weight is 347 g/mol. The minimum atomic E-state index is -0.261. The van der Waals surface area contributed by atoms with Gasteiger partial charge in [-0.1, -0.05) is 0 Å². The van der Waals surface area contributed by atoms with E-state index in [1.54, 1.807) is 19.1 Å². The Bertz CT molecular complexity index is 518. The average Bonchev–Trinajstić information content (AvgIpc) is 2.46. The van der Waals surface area contributed by atoms with Crippen molar-refractivity contribution in [3.8, 4) is 0 Å². The summed E-state index contributed by atoms with van der Waals surface area (Å²) < 4.78 is 6.57. The highest BCUT2D eigenvalue weighted by molar-refractivity contribution is 9.10. The lowest BCUT2D eigenvalue weighted by atomic mass is 10.4. The molecule has 0 unspecified atom stereocenters. The van der Waals surface area contributed by atoms with Crippen LogP contribution in [0.2, 0.25) is 0 Å². The van der Waals surface area contributed by atoms with Crippen LogP contribution in [0.1, 0.15) is 6.92 Å². The third-order valence-corrected chi connectivity index (χ3v) is 3.59. The Morgan fingerprint density at radius 1 is 1.60 bits per heavy atom. The van der Waals surface area contributed by atoms with Crippen LogP contribution in [-0.2, 0) is 16.1 Å². The molecule has 8 heteroatoms. The van der Waals surface area contributed by atoms with Crippen molar-refractivity contribution in [3.63, 3.8) is 0 Å². The highest BCUT2D eigenvalue weighted by atomic mass is 79.9. The number of methoxy groups -OCH3 is 1. The zero-order valence-corrected chi connectivity index (χ0v) is 13.4. The van der Waals surface area contributed by atoms with Gasteiger partial charge in [-0.25, -0.2) is 4.68 Å². The fourth-order valence-corrected chi connectivity index (χ4v) is 1.85. The van der Waals surface area contributed by atoms with Crippen molar-refractivity contribution < 1.29 is 9.53 Å². The predicted molar refractivity (Wildman–Crippen MR) is 79.9 cm³/mol. The van der Waals surface area contributed by atoms with Gasteiger partial charge in [-0.15, -0.1) is 0 Å². The number of rotatable bonds is 7. The van der Waals surface area contributed by atoms with Crippen LogP contribution in [0.3, 0.4) is 0 Å². The van der Waals surface area contributed by atoms with Crippen molar-refractivity contribution in [1.82, 2.24) is 14.7 Å². The number of nitrogens with one attached hydrogen (secondary N) is 1. The lowest BCUT2D eigenvalue weighted by molar-refractivity contribution is -0.127. The van der Waals surface area contributed by atoms with Crippen LogP contribution in [0.15, 0.2) is 15.5 Å². The molecule has 1 aromatic heterocycles. The number of aromatic nitrogens is 2. The summed E-state index contributed by atoms with van der Waals surface area (Å²) in [4.78, 5) is 25.3. The molecule has 1 heterocycles. The molecule has 0 fully saturated rings. The number of ether oxygens (including phenoxy) is 1. The molecule has 0 bridgehead atoms. The van der Waals surface area contributed by atoms with E-state index in [4.69, 9.17) is 4.74 Å². The van der Waals surface area contributed by atoms with Gasteiger partial charge >= 0.3 is 0 Å². The maximum absolute atomic E-state index is 12.0. The number of anilines is 1. The smallest absolute Gasteiger partial charge is 0.283 e. The molecule has 1 aromatic rings. The number of carbonyl (C=O) groups excluding carboxylic acids is 1. The summed E-state index contributed by atoms with van der Waals surface area (Å²) in [5, 5.41) is 6.93. The molecule has 1 rings (SSSR count). The molecule has 0 aromatic carbocycles. The van der Waals surface area contributed by atoms with Gasteiger partial charge in [0.1, 0.15) is 4.47 Å². The maximum Gasteiger partial charge on any atom is 0.283 e. The van der Waals surface area contributed by atoms with E-state index in [1.807, 2.05) is 6.92 Å². The molecule has 1 N–H and O–H groups in total. The minimum Gasteiger partial charge on any atom is -0.383 e. The van der Waals surface area contributed by atoms with E-state index in [0.29, 0.717) is 29.9 Å². The number of halogens is 1. The van der Waals surface area contributed by atoms with E-state index < -0.39 is 0 Å². The minimum absolute atomic E-state index is 0.0528. The van der Waals surface area contributed by atoms with Crippen molar-refractivity contribution >= 4 is 27.5 Å². The first-order valence-corrected chi connectivity index (χ1v) is 7.03. The van der Waals surface area contributed by atoms with E-state index in [0.717, 1.165) is 0 Å². The number of carbonyl (C=O) groups is 1. The van der Waals surface area contributed by atoms with Crippen LogP contribution in [0.25, 0.3) is 0 Å². The van der Waals surface area contributed by atoms with Gasteiger partial charge < -0.3 is 15.0 Å². The Morgan fingerprint density at radius 3 is 2.90 bits per heavy atom. The van der Waals surface area contributed by atoms with Crippen molar-refractivity contribution in [2.45, 2.75) is 13.5 Å². The first kappa shape index (κ1) is 16.6. The van der Waals surface area contributed by atoms with E-state index >= 15 is 0 Å². The first-order chi connectivity index (χ1) is 9.51. The maximum atomic E-state index is 12.0. The monoisotopic (exact) mass is 346 g/mol. The van der Waals surface area contributed by atoms with E-state index in [1.165, 1.54) is 10.9 Å². The van der Waals surface area contributed by atoms with E-state index in [9.17, 15) is 9.59 Å².